The molecule has 3 heterocycles. The van der Waals surface area contributed by atoms with E-state index in [1.54, 1.807) is 104 Å². The van der Waals surface area contributed by atoms with E-state index in [-0.39, 0.29) is 39.6 Å². The van der Waals surface area contributed by atoms with Crippen molar-refractivity contribution < 1.29 is 71.2 Å². The first-order valence-corrected chi connectivity index (χ1v) is 25.5. The van der Waals surface area contributed by atoms with Gasteiger partial charge >= 0.3 is 17.9 Å². The van der Waals surface area contributed by atoms with Crippen LogP contribution in [-0.4, -0.2) is 113 Å². The number of rotatable bonds is 23. The molecule has 76 heavy (non-hydrogen) atoms. The summed E-state index contributed by atoms with van der Waals surface area (Å²) in [5, 5.41) is 0. The largest absolute Gasteiger partial charge is 0.459 e. The highest BCUT2D eigenvalue weighted by molar-refractivity contribution is 5.90. The van der Waals surface area contributed by atoms with Crippen LogP contribution in [0.4, 0.5) is 0 Å². The zero-order chi connectivity index (χ0) is 52.3. The van der Waals surface area contributed by atoms with Gasteiger partial charge in [-0.3, -0.25) is 0 Å². The maximum absolute atomic E-state index is 13.4. The summed E-state index contributed by atoms with van der Waals surface area (Å²) in [4.78, 5) is 39.7. The van der Waals surface area contributed by atoms with E-state index in [0.717, 1.165) is 16.7 Å². The Kier molecular flexibility index (Phi) is 19.7. The van der Waals surface area contributed by atoms with Gasteiger partial charge in [0.1, 0.15) is 49.8 Å². The van der Waals surface area contributed by atoms with Gasteiger partial charge < -0.3 is 56.8 Å². The van der Waals surface area contributed by atoms with Crippen molar-refractivity contribution >= 4 is 17.9 Å². The van der Waals surface area contributed by atoms with Gasteiger partial charge in [-0.05, 0) is 71.7 Å². The van der Waals surface area contributed by atoms with Crippen molar-refractivity contribution in [3.05, 3.63) is 228 Å². The van der Waals surface area contributed by atoms with Gasteiger partial charge in [-0.15, -0.1) is 0 Å². The monoisotopic (exact) mass is 1030 g/mol. The fourth-order valence-electron chi connectivity index (χ4n) is 9.05. The zero-order valence-electron chi connectivity index (χ0n) is 42.1. The summed E-state index contributed by atoms with van der Waals surface area (Å²) in [6.45, 7) is 0.312. The van der Waals surface area contributed by atoms with Crippen LogP contribution < -0.4 is 0 Å². The predicted molar refractivity (Wildman–Crippen MR) is 276 cm³/mol. The number of hydrogen-bond acceptors (Lipinski definition) is 15. The molecular weight excluding hydrogens is 973 g/mol. The molecule has 15 nitrogen and oxygen atoms in total. The van der Waals surface area contributed by atoms with Gasteiger partial charge in [0.2, 0.25) is 0 Å². The van der Waals surface area contributed by atoms with Crippen molar-refractivity contribution in [2.45, 2.75) is 100 Å². The molecule has 11 atom stereocenters. The van der Waals surface area contributed by atoms with E-state index in [9.17, 15) is 14.4 Å². The van der Waals surface area contributed by atoms with E-state index in [0.29, 0.717) is 29.5 Å². The number of carbonyl (C=O) groups is 3. The summed E-state index contributed by atoms with van der Waals surface area (Å²) in [7, 11) is 1.56. The average molecular weight is 1040 g/mol. The fourth-order valence-corrected chi connectivity index (χ4v) is 9.05. The third-order valence-corrected chi connectivity index (χ3v) is 13.0. The molecule has 15 heteroatoms. The van der Waals surface area contributed by atoms with Gasteiger partial charge in [0.15, 0.2) is 25.0 Å². The standard InChI is InChI=1S/C61H62O15/c1-65-61-57(69-38-44-24-12-4-13-25-44)56(68-37-43-22-10-3-11-23-43)55(67-36-42-20-8-2-9-21-42)52(76-61)41-66-53-34-32-48(50(73-53)39-70-58(62)45-26-14-5-15-27-45)72-54-35-33-49(75-60(64)47-30-18-7-19-31-47)51(74-54)40-71-59(63)46-28-16-6-17-29-46/h2-31,33,35,48-57,61H,32,34,36-41H2,1H3/t48-,49-,50+,51+,52+,53+,54-,55+,56-,57+,61-/m0/s1. The molecule has 6 aromatic carbocycles. The summed E-state index contributed by atoms with van der Waals surface area (Å²) in [6.07, 6.45) is -5.00. The molecule has 3 aliphatic rings. The Morgan fingerprint density at radius 1 is 0.447 bits per heavy atom. The molecule has 0 bridgehead atoms. The van der Waals surface area contributed by atoms with Gasteiger partial charge in [0.25, 0.3) is 0 Å². The Morgan fingerprint density at radius 3 is 1.42 bits per heavy atom. The van der Waals surface area contributed by atoms with Crippen molar-refractivity contribution in [1.29, 1.82) is 0 Å². The first kappa shape index (κ1) is 53.9. The highest BCUT2D eigenvalue weighted by Crippen LogP contribution is 2.33. The number of methoxy groups -OCH3 is 1. The van der Waals surface area contributed by atoms with Crippen LogP contribution in [0, 0.1) is 0 Å². The summed E-state index contributed by atoms with van der Waals surface area (Å²) in [6, 6.07) is 55.3. The number of benzene rings is 6. The van der Waals surface area contributed by atoms with Crippen molar-refractivity contribution in [2.75, 3.05) is 26.9 Å². The van der Waals surface area contributed by atoms with Crippen LogP contribution >= 0.6 is 0 Å². The molecule has 0 unspecified atom stereocenters. The average Bonchev–Trinajstić information content (AvgIpc) is 3.48. The molecule has 0 aliphatic carbocycles. The Bertz CT molecular complexity index is 2720. The van der Waals surface area contributed by atoms with Crippen LogP contribution in [0.1, 0.15) is 60.6 Å². The minimum atomic E-state index is -1.01. The summed E-state index contributed by atoms with van der Waals surface area (Å²) in [5.41, 5.74) is 3.94. The van der Waals surface area contributed by atoms with E-state index >= 15 is 0 Å². The van der Waals surface area contributed by atoms with Gasteiger partial charge in [0, 0.05) is 13.5 Å². The SMILES string of the molecule is CO[C@H]1O[C@H](CO[C@H]2CC[C@H](O[C@@H]3C=C[C@H](OC(=O)c4ccccc4)[C@@H](COC(=O)c4ccccc4)O3)[C@@H](COC(=O)c3ccccc3)O2)[C@@H](OCc2ccccc2)[C@H](OCc2ccccc2)[C@H]1OCc1ccccc1. The van der Waals surface area contributed by atoms with Crippen LogP contribution in [-0.2, 0) is 76.7 Å². The summed E-state index contributed by atoms with van der Waals surface area (Å²) >= 11 is 0. The Hall–Kier alpha value is -6.89. The van der Waals surface area contributed by atoms with E-state index in [2.05, 4.69) is 0 Å². The van der Waals surface area contributed by atoms with E-state index in [4.69, 9.17) is 56.8 Å². The molecule has 0 radical (unpaired) electrons. The minimum Gasteiger partial charge on any atom is -0.459 e. The summed E-state index contributed by atoms with van der Waals surface area (Å²) in [5.74, 6) is -1.71. The molecule has 0 spiro atoms. The molecule has 0 N–H and O–H groups in total. The van der Waals surface area contributed by atoms with Crippen molar-refractivity contribution in [3.8, 4) is 0 Å². The molecule has 0 aromatic heterocycles. The number of esters is 3. The molecule has 9 rings (SSSR count). The van der Waals surface area contributed by atoms with E-state index in [1.807, 2.05) is 97.1 Å². The van der Waals surface area contributed by atoms with Gasteiger partial charge in [-0.2, -0.15) is 0 Å². The lowest BCUT2D eigenvalue weighted by Crippen LogP contribution is -2.61. The summed E-state index contributed by atoms with van der Waals surface area (Å²) < 4.78 is 76.6. The second-order valence-corrected chi connectivity index (χ2v) is 18.3. The Morgan fingerprint density at radius 2 is 0.908 bits per heavy atom. The Balaban J connectivity index is 0.921. The second-order valence-electron chi connectivity index (χ2n) is 18.3. The number of ether oxygens (including phenoxy) is 12. The predicted octanol–water partition coefficient (Wildman–Crippen LogP) is 9.24. The lowest BCUT2D eigenvalue weighted by molar-refractivity contribution is -0.332. The van der Waals surface area contributed by atoms with E-state index in [1.165, 1.54) is 0 Å². The van der Waals surface area contributed by atoms with Gasteiger partial charge in [-0.1, -0.05) is 146 Å². The quantitative estimate of drug-likeness (QED) is 0.0339. The van der Waals surface area contributed by atoms with Crippen LogP contribution in [0.2, 0.25) is 0 Å². The highest BCUT2D eigenvalue weighted by atomic mass is 16.7. The first-order valence-electron chi connectivity index (χ1n) is 25.5. The Labute approximate surface area is 442 Å². The number of hydrogen-bond donors (Lipinski definition) is 0. The van der Waals surface area contributed by atoms with Crippen molar-refractivity contribution in [1.82, 2.24) is 0 Å². The maximum Gasteiger partial charge on any atom is 0.338 e. The van der Waals surface area contributed by atoms with Crippen molar-refractivity contribution in [3.63, 3.8) is 0 Å². The second kappa shape index (κ2) is 27.8. The van der Waals surface area contributed by atoms with Crippen LogP contribution in [0.3, 0.4) is 0 Å². The van der Waals surface area contributed by atoms with E-state index < -0.39 is 85.6 Å². The molecule has 0 amide bonds. The number of carbonyl (C=O) groups excluding carboxylic acids is 3. The maximum atomic E-state index is 13.4. The smallest absolute Gasteiger partial charge is 0.338 e. The molecule has 6 aromatic rings. The third kappa shape index (κ3) is 15.2. The molecule has 3 aliphatic heterocycles. The van der Waals surface area contributed by atoms with Crippen molar-refractivity contribution in [2.24, 2.45) is 0 Å². The van der Waals surface area contributed by atoms with Crippen LogP contribution in [0.5, 0.6) is 0 Å². The lowest BCUT2D eigenvalue weighted by atomic mass is 9.97. The third-order valence-electron chi connectivity index (χ3n) is 13.0. The molecule has 396 valence electrons. The highest BCUT2D eigenvalue weighted by Gasteiger charge is 2.49. The minimum absolute atomic E-state index is 0.0103. The molecule has 0 saturated carbocycles. The lowest BCUT2D eigenvalue weighted by Gasteiger charge is -2.46. The topological polar surface area (TPSA) is 162 Å². The molecule has 2 saturated heterocycles. The molecular formula is C61H62O15. The first-order chi connectivity index (χ1) is 37.4. The fraction of sp³-hybridized carbons (Fsp3) is 0.328. The van der Waals surface area contributed by atoms with Crippen LogP contribution in [0.25, 0.3) is 0 Å². The van der Waals surface area contributed by atoms with Gasteiger partial charge in [0.05, 0.1) is 49.2 Å². The molecule has 2 fully saturated rings. The zero-order valence-corrected chi connectivity index (χ0v) is 42.1. The normalized spacial score (nSPS) is 25.2. The van der Waals surface area contributed by atoms with Gasteiger partial charge in [-0.25, -0.2) is 14.4 Å². The van der Waals surface area contributed by atoms with Crippen LogP contribution in [0.15, 0.2) is 194 Å².